The first-order valence-corrected chi connectivity index (χ1v) is 12.7. The summed E-state index contributed by atoms with van der Waals surface area (Å²) < 4.78 is 7.36. The molecule has 2 aliphatic heterocycles. The molecule has 0 aliphatic carbocycles. The van der Waals surface area contributed by atoms with E-state index in [1.165, 1.54) is 0 Å². The van der Waals surface area contributed by atoms with Crippen LogP contribution in [0.15, 0.2) is 54.9 Å². The number of ether oxygens (including phenoxy) is 1. The molecule has 2 aromatic carbocycles. The van der Waals surface area contributed by atoms with Crippen LogP contribution in [0.3, 0.4) is 0 Å². The van der Waals surface area contributed by atoms with Crippen LogP contribution in [-0.2, 0) is 14.3 Å². The lowest BCUT2D eigenvalue weighted by atomic mass is 9.95. The van der Waals surface area contributed by atoms with Crippen molar-refractivity contribution >= 4 is 50.7 Å². The predicted molar refractivity (Wildman–Crippen MR) is 143 cm³/mol. The van der Waals surface area contributed by atoms with Crippen LogP contribution in [0.1, 0.15) is 40.4 Å². The Bertz CT molecular complexity index is 1620. The van der Waals surface area contributed by atoms with Gasteiger partial charge in [-0.15, -0.1) is 0 Å². The average molecular weight is 513 g/mol. The molecule has 4 aromatic rings. The number of fused-ring (bicyclic) bond motifs is 2. The van der Waals surface area contributed by atoms with Gasteiger partial charge < -0.3 is 24.3 Å². The number of hydrogen-bond donors (Lipinski definition) is 3. The number of carbonyl (C=O) groups excluding carboxylic acids is 3. The third-order valence-electron chi connectivity index (χ3n) is 7.55. The zero-order valence-corrected chi connectivity index (χ0v) is 21.0. The number of aromatic amines is 1. The molecule has 0 atom stereocenters. The van der Waals surface area contributed by atoms with Gasteiger partial charge in [0.15, 0.2) is 0 Å². The van der Waals surface area contributed by atoms with E-state index < -0.39 is 17.8 Å². The summed E-state index contributed by atoms with van der Waals surface area (Å²) in [5.41, 5.74) is 3.66. The van der Waals surface area contributed by atoms with Gasteiger partial charge in [0.05, 0.1) is 28.8 Å². The molecule has 9 heteroatoms. The lowest BCUT2D eigenvalue weighted by molar-refractivity contribution is -0.122. The van der Waals surface area contributed by atoms with E-state index >= 15 is 0 Å². The number of imide groups is 1. The van der Waals surface area contributed by atoms with Crippen molar-refractivity contribution in [1.82, 2.24) is 19.8 Å². The Hall–Kier alpha value is -4.21. The fourth-order valence-electron chi connectivity index (χ4n) is 5.70. The van der Waals surface area contributed by atoms with Crippen molar-refractivity contribution in [2.45, 2.75) is 18.9 Å². The highest BCUT2D eigenvalue weighted by atomic mass is 16.5. The molecule has 6 rings (SSSR count). The second-order valence-corrected chi connectivity index (χ2v) is 9.82. The van der Waals surface area contributed by atoms with Gasteiger partial charge in [-0.25, -0.2) is 4.79 Å². The number of nitrogens with zero attached hydrogens (tertiary/aromatic N) is 2. The Morgan fingerprint density at radius 1 is 1.00 bits per heavy atom. The fourth-order valence-corrected chi connectivity index (χ4v) is 5.70. The molecule has 2 amide bonds. The third kappa shape index (κ3) is 3.91. The molecule has 194 valence electrons. The number of esters is 1. The van der Waals surface area contributed by atoms with Gasteiger partial charge in [0.1, 0.15) is 6.61 Å². The predicted octanol–water partition coefficient (Wildman–Crippen LogP) is 3.11. The summed E-state index contributed by atoms with van der Waals surface area (Å²) in [6.45, 7) is 1.60. The molecular weight excluding hydrogens is 484 g/mol. The zero-order valence-electron chi connectivity index (χ0n) is 21.0. The van der Waals surface area contributed by atoms with E-state index in [4.69, 9.17) is 9.84 Å². The lowest BCUT2D eigenvalue weighted by Crippen LogP contribution is -2.31. The Labute approximate surface area is 218 Å². The standard InChI is InChI=1S/C29H28N4O5/c1-32-11-9-17(10-12-32)33-16-22(18-5-2-3-8-23(18)33)25-24(27(35)31-28(25)36)21-15-30-26-19(21)6-4-7-20(26)29(37)38-14-13-34/h2-8,15-17,30,34H,9-14H2,1H3,(H,31,35,36). The van der Waals surface area contributed by atoms with Crippen molar-refractivity contribution in [3.8, 4) is 0 Å². The number of aliphatic hydroxyl groups is 1. The number of nitrogens with one attached hydrogen (secondary N) is 2. The topological polar surface area (TPSA) is 117 Å². The first-order chi connectivity index (χ1) is 18.5. The van der Waals surface area contributed by atoms with Crippen LogP contribution in [0.25, 0.3) is 33.0 Å². The van der Waals surface area contributed by atoms with Gasteiger partial charge in [0.25, 0.3) is 11.8 Å². The summed E-state index contributed by atoms with van der Waals surface area (Å²) in [5, 5.41) is 13.0. The number of benzene rings is 2. The number of likely N-dealkylation sites (tertiary alicyclic amines) is 1. The van der Waals surface area contributed by atoms with E-state index in [1.807, 2.05) is 24.4 Å². The van der Waals surface area contributed by atoms with Crippen molar-refractivity contribution < 1.29 is 24.2 Å². The molecule has 1 fully saturated rings. The second-order valence-electron chi connectivity index (χ2n) is 9.82. The fraction of sp³-hybridized carbons (Fsp3) is 0.276. The van der Waals surface area contributed by atoms with Crippen molar-refractivity contribution in [3.05, 3.63) is 71.5 Å². The van der Waals surface area contributed by atoms with Gasteiger partial charge in [-0.2, -0.15) is 0 Å². The highest BCUT2D eigenvalue weighted by Gasteiger charge is 2.36. The average Bonchev–Trinajstić information content (AvgIpc) is 3.60. The number of aromatic nitrogens is 2. The second kappa shape index (κ2) is 9.59. The minimum absolute atomic E-state index is 0.115. The van der Waals surface area contributed by atoms with Crippen LogP contribution in [0, 0.1) is 0 Å². The molecular formula is C29H28N4O5. The van der Waals surface area contributed by atoms with E-state index in [9.17, 15) is 14.4 Å². The molecule has 9 nitrogen and oxygen atoms in total. The van der Waals surface area contributed by atoms with Crippen LogP contribution in [0.5, 0.6) is 0 Å². The van der Waals surface area contributed by atoms with Crippen LogP contribution < -0.4 is 5.32 Å². The molecule has 4 heterocycles. The van der Waals surface area contributed by atoms with Gasteiger partial charge in [-0.05, 0) is 45.1 Å². The molecule has 0 spiro atoms. The number of para-hydroxylation sites is 2. The number of hydrogen-bond acceptors (Lipinski definition) is 6. The van der Waals surface area contributed by atoms with E-state index in [0.29, 0.717) is 33.6 Å². The van der Waals surface area contributed by atoms with Crippen molar-refractivity contribution in [2.24, 2.45) is 0 Å². The van der Waals surface area contributed by atoms with E-state index in [2.05, 4.69) is 32.9 Å². The maximum atomic E-state index is 13.3. The van der Waals surface area contributed by atoms with Crippen LogP contribution in [-0.4, -0.2) is 70.7 Å². The molecule has 38 heavy (non-hydrogen) atoms. The van der Waals surface area contributed by atoms with Crippen LogP contribution in [0.2, 0.25) is 0 Å². The van der Waals surface area contributed by atoms with Gasteiger partial charge in [0.2, 0.25) is 0 Å². The number of rotatable bonds is 6. The van der Waals surface area contributed by atoms with Crippen LogP contribution in [0.4, 0.5) is 0 Å². The largest absolute Gasteiger partial charge is 0.460 e. The van der Waals surface area contributed by atoms with Gasteiger partial charge in [-0.1, -0.05) is 30.3 Å². The molecule has 0 radical (unpaired) electrons. The third-order valence-corrected chi connectivity index (χ3v) is 7.55. The number of piperidine rings is 1. The summed E-state index contributed by atoms with van der Waals surface area (Å²) in [6.07, 6.45) is 5.67. The van der Waals surface area contributed by atoms with Gasteiger partial charge >= 0.3 is 5.97 Å². The maximum absolute atomic E-state index is 13.3. The van der Waals surface area contributed by atoms with Crippen LogP contribution >= 0.6 is 0 Å². The zero-order chi connectivity index (χ0) is 26.4. The number of H-pyrrole nitrogens is 1. The summed E-state index contributed by atoms with van der Waals surface area (Å²) in [5.74, 6) is -1.50. The Morgan fingerprint density at radius 3 is 2.47 bits per heavy atom. The van der Waals surface area contributed by atoms with Gasteiger partial charge in [0, 0.05) is 45.9 Å². The first kappa shape index (κ1) is 24.1. The quantitative estimate of drug-likeness (QED) is 0.270. The Kier molecular flexibility index (Phi) is 6.09. The molecule has 2 aromatic heterocycles. The van der Waals surface area contributed by atoms with Crippen molar-refractivity contribution in [1.29, 1.82) is 0 Å². The minimum atomic E-state index is -0.583. The number of aliphatic hydroxyl groups excluding tert-OH is 1. The Balaban J connectivity index is 1.52. The molecule has 3 N–H and O–H groups in total. The first-order valence-electron chi connectivity index (χ1n) is 12.7. The van der Waals surface area contributed by atoms with E-state index in [1.54, 1.807) is 24.4 Å². The summed E-state index contributed by atoms with van der Waals surface area (Å²) >= 11 is 0. The summed E-state index contributed by atoms with van der Waals surface area (Å²) in [4.78, 5) is 44.5. The number of carbonyl (C=O) groups is 3. The van der Waals surface area contributed by atoms with Crippen molar-refractivity contribution in [3.63, 3.8) is 0 Å². The van der Waals surface area contributed by atoms with E-state index in [-0.39, 0.29) is 24.4 Å². The lowest BCUT2D eigenvalue weighted by Gasteiger charge is -2.30. The maximum Gasteiger partial charge on any atom is 0.340 e. The molecule has 0 unspecified atom stereocenters. The smallest absolute Gasteiger partial charge is 0.340 e. The highest BCUT2D eigenvalue weighted by molar-refractivity contribution is 6.50. The minimum Gasteiger partial charge on any atom is -0.460 e. The van der Waals surface area contributed by atoms with Gasteiger partial charge in [-0.3, -0.25) is 14.9 Å². The number of amides is 2. The highest BCUT2D eigenvalue weighted by Crippen LogP contribution is 2.40. The molecule has 2 aliphatic rings. The van der Waals surface area contributed by atoms with Crippen molar-refractivity contribution in [2.75, 3.05) is 33.4 Å². The normalized spacial score (nSPS) is 17.1. The molecule has 0 saturated carbocycles. The monoisotopic (exact) mass is 512 g/mol. The Morgan fingerprint density at radius 2 is 1.71 bits per heavy atom. The molecule has 0 bridgehead atoms. The SMILES string of the molecule is CN1CCC(n2cc(C3=C(c4c[nH]c5c(C(=O)OCCO)cccc45)C(=O)NC3=O)c3ccccc32)CC1. The van der Waals surface area contributed by atoms with E-state index in [0.717, 1.165) is 36.8 Å². The molecule has 1 saturated heterocycles. The summed E-state index contributed by atoms with van der Waals surface area (Å²) in [7, 11) is 2.12. The summed E-state index contributed by atoms with van der Waals surface area (Å²) in [6, 6.07) is 13.4.